The van der Waals surface area contributed by atoms with E-state index in [1.54, 1.807) is 0 Å². The van der Waals surface area contributed by atoms with Crippen molar-refractivity contribution in [3.63, 3.8) is 0 Å². The zero-order valence-corrected chi connectivity index (χ0v) is 17.5. The molecule has 0 saturated heterocycles. The summed E-state index contributed by atoms with van der Waals surface area (Å²) in [6, 6.07) is 11.0. The van der Waals surface area contributed by atoms with Crippen LogP contribution in [0.2, 0.25) is 0 Å². The third-order valence-corrected chi connectivity index (χ3v) is 5.25. The third kappa shape index (κ3) is 11.2. The Morgan fingerprint density at radius 1 is 0.870 bits per heavy atom. The van der Waals surface area contributed by atoms with Gasteiger partial charge in [-0.1, -0.05) is 102 Å². The average Bonchev–Trinajstić information content (AvgIpc) is 2.49. The van der Waals surface area contributed by atoms with Crippen molar-refractivity contribution in [2.24, 2.45) is 5.92 Å². The van der Waals surface area contributed by atoms with Crippen LogP contribution < -0.4 is 0 Å². The Morgan fingerprint density at radius 3 is 1.91 bits per heavy atom. The van der Waals surface area contributed by atoms with Crippen LogP contribution in [0.4, 0.5) is 0 Å². The predicted molar refractivity (Wildman–Crippen MR) is 112 cm³/mol. The van der Waals surface area contributed by atoms with Gasteiger partial charge in [-0.05, 0) is 29.5 Å². The molecule has 0 heterocycles. The molecule has 134 valence electrons. The van der Waals surface area contributed by atoms with Gasteiger partial charge in [-0.2, -0.15) is 0 Å². The van der Waals surface area contributed by atoms with Gasteiger partial charge in [-0.25, -0.2) is 0 Å². The Hall–Kier alpha value is -0.0600. The van der Waals surface area contributed by atoms with E-state index in [9.17, 15) is 0 Å². The molecule has 0 bridgehead atoms. The summed E-state index contributed by atoms with van der Waals surface area (Å²) in [5, 5.41) is 0.330. The largest absolute Gasteiger partial charge is 0.147 e. The van der Waals surface area contributed by atoms with E-state index in [-0.39, 0.29) is 12.4 Å². The first-order chi connectivity index (χ1) is 10.5. The number of hydrogen-bond donors (Lipinski definition) is 0. The Labute approximate surface area is 153 Å². The highest BCUT2D eigenvalue weighted by Gasteiger charge is 2.24. The molecule has 0 fully saturated rings. The van der Waals surface area contributed by atoms with Crippen molar-refractivity contribution in [1.29, 1.82) is 0 Å². The molecule has 2 atom stereocenters. The average molecular weight is 357 g/mol. The molecule has 0 aliphatic heterocycles. The summed E-state index contributed by atoms with van der Waals surface area (Å²) in [6.07, 6.45) is 13.9. The molecular formula is C21H38ClP. The summed E-state index contributed by atoms with van der Waals surface area (Å²) in [5.41, 5.74) is 1.49. The van der Waals surface area contributed by atoms with Crippen LogP contribution in [0, 0.1) is 5.92 Å². The quantitative estimate of drug-likeness (QED) is 0.269. The molecule has 0 N–H and O–H groups in total. The first kappa shape index (κ1) is 22.9. The lowest BCUT2D eigenvalue weighted by Gasteiger charge is -2.31. The first-order valence-electron chi connectivity index (χ1n) is 9.37. The Balaban J connectivity index is 0.00000484. The summed E-state index contributed by atoms with van der Waals surface area (Å²) in [5.74, 6) is 0.764. The molecule has 1 aromatic carbocycles. The Morgan fingerprint density at radius 2 is 1.39 bits per heavy atom. The molecule has 2 unspecified atom stereocenters. The molecule has 0 aromatic heterocycles. The van der Waals surface area contributed by atoms with E-state index in [1.165, 1.54) is 69.8 Å². The smallest absolute Gasteiger partial charge is 0.0175 e. The van der Waals surface area contributed by atoms with E-state index in [4.69, 9.17) is 0 Å². The maximum Gasteiger partial charge on any atom is -0.0175 e. The standard InChI is InChI=1S/C21H37P.ClH/c1-4-5-6-7-8-9-10-14-17-20(21(2,3)22)18-19-15-12-11-13-16-19;/h11-13,15-16,20H,4-10,14,17-18,22H2,1-3H3;1H. The fourth-order valence-corrected chi connectivity index (χ4v) is 3.44. The number of unbranched alkanes of at least 4 members (excludes halogenated alkanes) is 7. The van der Waals surface area contributed by atoms with Crippen molar-refractivity contribution in [1.82, 2.24) is 0 Å². The molecule has 23 heavy (non-hydrogen) atoms. The van der Waals surface area contributed by atoms with Gasteiger partial charge in [0.15, 0.2) is 0 Å². The molecule has 0 spiro atoms. The van der Waals surface area contributed by atoms with E-state index >= 15 is 0 Å². The number of hydrogen-bond acceptors (Lipinski definition) is 0. The molecule has 0 aliphatic carbocycles. The van der Waals surface area contributed by atoms with Gasteiger partial charge in [0.2, 0.25) is 0 Å². The van der Waals surface area contributed by atoms with Gasteiger partial charge in [0.05, 0.1) is 0 Å². The van der Waals surface area contributed by atoms with Crippen LogP contribution in [0.5, 0.6) is 0 Å². The van der Waals surface area contributed by atoms with Gasteiger partial charge in [-0.15, -0.1) is 21.6 Å². The lowest BCUT2D eigenvalue weighted by atomic mass is 9.84. The Bertz CT molecular complexity index is 369. The highest BCUT2D eigenvalue weighted by atomic mass is 35.5. The number of benzene rings is 1. The molecule has 2 heteroatoms. The maximum absolute atomic E-state index is 3.08. The number of rotatable bonds is 12. The summed E-state index contributed by atoms with van der Waals surface area (Å²) >= 11 is 0. The van der Waals surface area contributed by atoms with E-state index < -0.39 is 0 Å². The van der Waals surface area contributed by atoms with Crippen molar-refractivity contribution in [2.45, 2.75) is 90.1 Å². The van der Waals surface area contributed by atoms with E-state index in [0.717, 1.165) is 5.92 Å². The minimum absolute atomic E-state index is 0. The van der Waals surface area contributed by atoms with Crippen LogP contribution in [-0.4, -0.2) is 5.16 Å². The summed E-state index contributed by atoms with van der Waals surface area (Å²) < 4.78 is 0. The summed E-state index contributed by atoms with van der Waals surface area (Å²) in [6.45, 7) is 7.03. The van der Waals surface area contributed by atoms with Crippen LogP contribution in [-0.2, 0) is 6.42 Å². The van der Waals surface area contributed by atoms with Gasteiger partial charge in [0, 0.05) is 0 Å². The van der Waals surface area contributed by atoms with Crippen LogP contribution >= 0.6 is 21.6 Å². The summed E-state index contributed by atoms with van der Waals surface area (Å²) in [7, 11) is 3.08. The first-order valence-corrected chi connectivity index (χ1v) is 9.94. The topological polar surface area (TPSA) is 0 Å². The van der Waals surface area contributed by atoms with Crippen molar-refractivity contribution in [3.05, 3.63) is 35.9 Å². The molecule has 0 radical (unpaired) electrons. The molecule has 0 saturated carbocycles. The van der Waals surface area contributed by atoms with Crippen LogP contribution in [0.3, 0.4) is 0 Å². The summed E-state index contributed by atoms with van der Waals surface area (Å²) in [4.78, 5) is 0. The molecule has 0 nitrogen and oxygen atoms in total. The molecular weight excluding hydrogens is 319 g/mol. The van der Waals surface area contributed by atoms with Gasteiger partial charge in [0.1, 0.15) is 0 Å². The van der Waals surface area contributed by atoms with E-state index in [2.05, 4.69) is 60.3 Å². The normalized spacial score (nSPS) is 12.7. The van der Waals surface area contributed by atoms with Gasteiger partial charge in [0.25, 0.3) is 0 Å². The Kier molecular flexibility index (Phi) is 13.2. The zero-order chi connectivity index (χ0) is 16.3. The number of halogens is 1. The predicted octanol–water partition coefficient (Wildman–Crippen LogP) is 7.45. The fourth-order valence-electron chi connectivity index (χ4n) is 3.16. The monoisotopic (exact) mass is 356 g/mol. The highest BCUT2D eigenvalue weighted by molar-refractivity contribution is 7.18. The van der Waals surface area contributed by atoms with Crippen molar-refractivity contribution in [3.8, 4) is 0 Å². The second-order valence-corrected chi connectivity index (χ2v) is 8.96. The molecule has 0 amide bonds. The zero-order valence-electron chi connectivity index (χ0n) is 15.5. The molecule has 0 aliphatic rings. The van der Waals surface area contributed by atoms with E-state index in [0.29, 0.717) is 5.16 Å². The van der Waals surface area contributed by atoms with Crippen molar-refractivity contribution < 1.29 is 0 Å². The minimum Gasteiger partial charge on any atom is -0.147 e. The van der Waals surface area contributed by atoms with Gasteiger partial charge in [-0.3, -0.25) is 0 Å². The van der Waals surface area contributed by atoms with Crippen LogP contribution in [0.1, 0.15) is 84.1 Å². The fraction of sp³-hybridized carbons (Fsp3) is 0.714. The third-order valence-electron chi connectivity index (χ3n) is 4.78. The second kappa shape index (κ2) is 13.3. The van der Waals surface area contributed by atoms with Crippen molar-refractivity contribution >= 4 is 21.6 Å². The van der Waals surface area contributed by atoms with E-state index in [1.807, 2.05) is 0 Å². The lowest BCUT2D eigenvalue weighted by molar-refractivity contribution is 0.373. The second-order valence-electron chi connectivity index (χ2n) is 7.47. The van der Waals surface area contributed by atoms with Gasteiger partial charge < -0.3 is 0 Å². The van der Waals surface area contributed by atoms with Crippen LogP contribution in [0.15, 0.2) is 30.3 Å². The molecule has 1 rings (SSSR count). The SMILES string of the molecule is CCCCCCCCCCC(Cc1ccccc1)C(C)(C)P.Cl. The minimum atomic E-state index is 0. The van der Waals surface area contributed by atoms with Gasteiger partial charge >= 0.3 is 0 Å². The maximum atomic E-state index is 3.08. The lowest BCUT2D eigenvalue weighted by Crippen LogP contribution is -2.26. The molecule has 1 aromatic rings. The highest BCUT2D eigenvalue weighted by Crippen LogP contribution is 2.33. The van der Waals surface area contributed by atoms with Crippen LogP contribution in [0.25, 0.3) is 0 Å². The van der Waals surface area contributed by atoms with Crippen molar-refractivity contribution in [2.75, 3.05) is 0 Å².